The van der Waals surface area contributed by atoms with Gasteiger partial charge in [-0.05, 0) is 62.1 Å². The van der Waals surface area contributed by atoms with E-state index in [1.807, 2.05) is 80.3 Å². The Morgan fingerprint density at radius 3 is 2.30 bits per heavy atom. The van der Waals surface area contributed by atoms with Crippen molar-refractivity contribution in [1.29, 1.82) is 0 Å². The van der Waals surface area contributed by atoms with Crippen LogP contribution in [0.15, 0.2) is 82.1 Å². The number of benzene rings is 3. The molecule has 0 saturated carbocycles. The number of hydrogen-bond donors (Lipinski definition) is 0. The molecular weight excluding hydrogens is 614 g/mol. The van der Waals surface area contributed by atoms with E-state index in [2.05, 4.69) is 4.90 Å². The molecule has 2 heterocycles. The Balaban J connectivity index is 1.44. The zero-order valence-electron chi connectivity index (χ0n) is 28.0. The molecule has 1 fully saturated rings. The molecule has 5 rings (SSSR count). The number of para-hydroxylation sites is 1. The van der Waals surface area contributed by atoms with E-state index in [1.54, 1.807) is 26.0 Å². The minimum atomic E-state index is -3.98. The number of carbonyl (C=O) groups excluding carboxylic acids is 2. The number of nitrogens with zero attached hydrogens (tertiary/aromatic N) is 3. The van der Waals surface area contributed by atoms with E-state index >= 15 is 0 Å². The summed E-state index contributed by atoms with van der Waals surface area (Å²) >= 11 is 0. The van der Waals surface area contributed by atoms with Crippen molar-refractivity contribution >= 4 is 38.6 Å². The SMILES string of the molecule is CCOC(=O)c1oc2ccc(S(=O)(=O)N(CCc3ccccc3)Cc3ccccc3N3CCN(C(=O)C(C)(C)CC)CC3)cc2c1C. The third-order valence-electron chi connectivity index (χ3n) is 9.21. The second-order valence-electron chi connectivity index (χ2n) is 12.7. The molecule has 0 spiro atoms. The predicted molar refractivity (Wildman–Crippen MR) is 184 cm³/mol. The third-order valence-corrected chi connectivity index (χ3v) is 11.0. The lowest BCUT2D eigenvalue weighted by molar-refractivity contribution is -0.140. The van der Waals surface area contributed by atoms with Gasteiger partial charge in [0.2, 0.25) is 21.7 Å². The maximum Gasteiger partial charge on any atom is 0.374 e. The number of piperazine rings is 1. The summed E-state index contributed by atoms with van der Waals surface area (Å²) in [6.45, 7) is 12.7. The third kappa shape index (κ3) is 7.39. The number of furan rings is 1. The summed E-state index contributed by atoms with van der Waals surface area (Å²) in [4.78, 5) is 29.9. The first-order valence-electron chi connectivity index (χ1n) is 16.3. The molecule has 0 radical (unpaired) electrons. The lowest BCUT2D eigenvalue weighted by Gasteiger charge is -2.40. The summed E-state index contributed by atoms with van der Waals surface area (Å²) < 4.78 is 41.3. The number of rotatable bonds is 12. The molecule has 1 aliphatic rings. The first kappa shape index (κ1) is 34.2. The Hall–Kier alpha value is -4.15. The normalized spacial score (nSPS) is 14.2. The second kappa shape index (κ2) is 14.3. The second-order valence-corrected chi connectivity index (χ2v) is 14.6. The quantitative estimate of drug-likeness (QED) is 0.162. The molecule has 0 unspecified atom stereocenters. The fraction of sp³-hybridized carbons (Fsp3) is 0.405. The summed E-state index contributed by atoms with van der Waals surface area (Å²) in [7, 11) is -3.98. The van der Waals surface area contributed by atoms with E-state index in [-0.39, 0.29) is 36.3 Å². The van der Waals surface area contributed by atoms with Crippen LogP contribution in [0, 0.1) is 12.3 Å². The first-order valence-corrected chi connectivity index (χ1v) is 17.8. The highest BCUT2D eigenvalue weighted by atomic mass is 32.2. The smallest absolute Gasteiger partial charge is 0.374 e. The fourth-order valence-corrected chi connectivity index (χ4v) is 7.40. The molecule has 47 heavy (non-hydrogen) atoms. The van der Waals surface area contributed by atoms with Gasteiger partial charge in [-0.2, -0.15) is 4.31 Å². The Bertz CT molecular complexity index is 1830. The fourth-order valence-electron chi connectivity index (χ4n) is 5.96. The van der Waals surface area contributed by atoms with E-state index in [4.69, 9.17) is 9.15 Å². The van der Waals surface area contributed by atoms with Gasteiger partial charge >= 0.3 is 5.97 Å². The summed E-state index contributed by atoms with van der Waals surface area (Å²) in [6.07, 6.45) is 1.32. The Morgan fingerprint density at radius 2 is 1.62 bits per heavy atom. The van der Waals surface area contributed by atoms with Gasteiger partial charge in [0.25, 0.3) is 0 Å². The Morgan fingerprint density at radius 1 is 0.936 bits per heavy atom. The van der Waals surface area contributed by atoms with Crippen LogP contribution in [0.3, 0.4) is 0 Å². The lowest BCUT2D eigenvalue weighted by atomic mass is 9.88. The molecule has 0 aliphatic carbocycles. The van der Waals surface area contributed by atoms with Crippen molar-refractivity contribution in [2.45, 2.75) is 58.9 Å². The van der Waals surface area contributed by atoms with E-state index in [0.717, 1.165) is 23.2 Å². The van der Waals surface area contributed by atoms with Crippen molar-refractivity contribution < 1.29 is 27.2 Å². The molecule has 250 valence electrons. The number of esters is 1. The van der Waals surface area contributed by atoms with Gasteiger partial charge in [-0.15, -0.1) is 0 Å². The summed E-state index contributed by atoms with van der Waals surface area (Å²) in [5.74, 6) is -0.331. The highest BCUT2D eigenvalue weighted by Gasteiger charge is 2.33. The zero-order chi connectivity index (χ0) is 33.8. The molecule has 1 aliphatic heterocycles. The van der Waals surface area contributed by atoms with Crippen molar-refractivity contribution in [1.82, 2.24) is 9.21 Å². The molecule has 1 saturated heterocycles. The summed E-state index contributed by atoms with van der Waals surface area (Å²) in [5.41, 5.74) is 3.46. The van der Waals surface area contributed by atoms with Crippen molar-refractivity contribution in [2.75, 3.05) is 44.2 Å². The lowest BCUT2D eigenvalue weighted by Crippen LogP contribution is -2.52. The Kier molecular flexibility index (Phi) is 10.4. The largest absolute Gasteiger partial charge is 0.460 e. The predicted octanol–water partition coefficient (Wildman–Crippen LogP) is 6.44. The maximum atomic E-state index is 14.4. The highest BCUT2D eigenvalue weighted by Crippen LogP contribution is 2.32. The molecule has 4 aromatic rings. The Labute approximate surface area is 278 Å². The first-order chi connectivity index (χ1) is 22.5. The maximum absolute atomic E-state index is 14.4. The molecule has 1 amide bonds. The molecule has 0 bridgehead atoms. The molecule has 10 heteroatoms. The van der Waals surface area contributed by atoms with Crippen LogP contribution in [0.1, 0.15) is 61.4 Å². The number of anilines is 1. The molecule has 0 atom stereocenters. The standard InChI is InChI=1S/C37H45N3O6S/c1-6-37(4,5)36(42)39-23-21-38(22-24-39)32-16-12-11-15-29(32)26-40(20-19-28-13-9-8-10-14-28)47(43,44)30-17-18-33-31(25-30)27(3)34(46-33)35(41)45-7-2/h8-18,25H,6-7,19-24,26H2,1-5H3. The molecule has 0 N–H and O–H groups in total. The van der Waals surface area contributed by atoms with Crippen LogP contribution in [0.4, 0.5) is 5.69 Å². The van der Waals surface area contributed by atoms with Crippen LogP contribution in [0.2, 0.25) is 0 Å². The van der Waals surface area contributed by atoms with Crippen LogP contribution >= 0.6 is 0 Å². The molecule has 1 aromatic heterocycles. The van der Waals surface area contributed by atoms with Crippen molar-refractivity contribution in [3.63, 3.8) is 0 Å². The van der Waals surface area contributed by atoms with Gasteiger partial charge < -0.3 is 19.0 Å². The van der Waals surface area contributed by atoms with Crippen LogP contribution < -0.4 is 4.90 Å². The summed E-state index contributed by atoms with van der Waals surface area (Å²) in [5, 5.41) is 0.552. The number of aryl methyl sites for hydroxylation is 1. The average molecular weight is 660 g/mol. The number of fused-ring (bicyclic) bond motifs is 1. The zero-order valence-corrected chi connectivity index (χ0v) is 28.8. The summed E-state index contributed by atoms with van der Waals surface area (Å²) in [6, 6.07) is 22.5. The van der Waals surface area contributed by atoms with Crippen molar-refractivity contribution in [3.05, 3.63) is 95.2 Å². The molecule has 3 aromatic carbocycles. The number of amides is 1. The highest BCUT2D eigenvalue weighted by molar-refractivity contribution is 7.89. The van der Waals surface area contributed by atoms with Crippen molar-refractivity contribution in [3.8, 4) is 0 Å². The van der Waals surface area contributed by atoms with E-state index in [1.165, 1.54) is 10.4 Å². The van der Waals surface area contributed by atoms with Gasteiger partial charge in [0, 0.05) is 61.3 Å². The van der Waals surface area contributed by atoms with Crippen molar-refractivity contribution in [2.24, 2.45) is 5.41 Å². The van der Waals surface area contributed by atoms with Crippen LogP contribution in [-0.2, 0) is 32.5 Å². The topological polar surface area (TPSA) is 100 Å². The van der Waals surface area contributed by atoms with Gasteiger partial charge in [-0.3, -0.25) is 4.79 Å². The van der Waals surface area contributed by atoms with Crippen LogP contribution in [0.5, 0.6) is 0 Å². The van der Waals surface area contributed by atoms with Crippen LogP contribution in [0.25, 0.3) is 11.0 Å². The number of sulfonamides is 1. The number of carbonyl (C=O) groups is 2. The molecular formula is C37H45N3O6S. The van der Waals surface area contributed by atoms with Gasteiger partial charge in [-0.25, -0.2) is 13.2 Å². The van der Waals surface area contributed by atoms with Crippen LogP contribution in [-0.4, -0.2) is 68.8 Å². The minimum absolute atomic E-state index is 0.0753. The van der Waals surface area contributed by atoms with E-state index in [9.17, 15) is 18.0 Å². The van der Waals surface area contributed by atoms with Gasteiger partial charge in [0.15, 0.2) is 0 Å². The van der Waals surface area contributed by atoms with E-state index in [0.29, 0.717) is 49.1 Å². The van der Waals surface area contributed by atoms with E-state index < -0.39 is 21.4 Å². The average Bonchev–Trinajstić information content (AvgIpc) is 3.42. The number of ether oxygens (including phenoxy) is 1. The minimum Gasteiger partial charge on any atom is -0.460 e. The molecule has 9 nitrogen and oxygen atoms in total. The number of hydrogen-bond acceptors (Lipinski definition) is 7. The monoisotopic (exact) mass is 659 g/mol. The van der Waals surface area contributed by atoms with Gasteiger partial charge in [-0.1, -0.05) is 69.3 Å². The van der Waals surface area contributed by atoms with Gasteiger partial charge in [0.1, 0.15) is 5.58 Å². The van der Waals surface area contributed by atoms with Gasteiger partial charge in [0.05, 0.1) is 11.5 Å².